The van der Waals surface area contributed by atoms with Gasteiger partial charge in [0.1, 0.15) is 5.82 Å². The predicted molar refractivity (Wildman–Crippen MR) is 77.8 cm³/mol. The second kappa shape index (κ2) is 4.21. The van der Waals surface area contributed by atoms with E-state index >= 15 is 0 Å². The summed E-state index contributed by atoms with van der Waals surface area (Å²) in [6, 6.07) is 3.51. The molecule has 0 amide bonds. The maximum Gasteiger partial charge on any atom is 0.335 e. The van der Waals surface area contributed by atoms with Crippen molar-refractivity contribution >= 4 is 11.8 Å². The van der Waals surface area contributed by atoms with Gasteiger partial charge in [-0.1, -0.05) is 20.8 Å². The standard InChI is InChI=1S/C16H22N2O2/c1-15(2)11-4-6-16(3,9-11)14(15)18-12-8-10(13(19)20)5-7-17-12/h5,7-8,11,14H,4,6,9H2,1-3H3,(H,17,18)(H,19,20). The van der Waals surface area contributed by atoms with Gasteiger partial charge in [0.15, 0.2) is 0 Å². The average Bonchev–Trinajstić information content (AvgIpc) is 2.86. The molecule has 108 valence electrons. The molecular weight excluding hydrogens is 252 g/mol. The Morgan fingerprint density at radius 3 is 2.80 bits per heavy atom. The Hall–Kier alpha value is -1.58. The second-order valence-corrected chi connectivity index (χ2v) is 7.23. The molecule has 1 aromatic heterocycles. The van der Waals surface area contributed by atoms with Crippen molar-refractivity contribution in [2.75, 3.05) is 5.32 Å². The fraction of sp³-hybridized carbons (Fsp3) is 0.625. The first-order valence-electron chi connectivity index (χ1n) is 7.29. The fourth-order valence-electron chi connectivity index (χ4n) is 4.45. The highest BCUT2D eigenvalue weighted by Gasteiger charge is 2.59. The van der Waals surface area contributed by atoms with Gasteiger partial charge >= 0.3 is 5.97 Å². The van der Waals surface area contributed by atoms with Crippen molar-refractivity contribution in [3.05, 3.63) is 23.9 Å². The number of hydrogen-bond donors (Lipinski definition) is 2. The Labute approximate surface area is 119 Å². The van der Waals surface area contributed by atoms with Crippen molar-refractivity contribution in [2.24, 2.45) is 16.7 Å². The van der Waals surface area contributed by atoms with Gasteiger partial charge in [0, 0.05) is 12.2 Å². The van der Waals surface area contributed by atoms with Gasteiger partial charge in [-0.15, -0.1) is 0 Å². The second-order valence-electron chi connectivity index (χ2n) is 7.23. The molecule has 3 unspecified atom stereocenters. The smallest absolute Gasteiger partial charge is 0.335 e. The largest absolute Gasteiger partial charge is 0.478 e. The van der Waals surface area contributed by atoms with Crippen molar-refractivity contribution in [1.29, 1.82) is 0 Å². The Morgan fingerprint density at radius 2 is 2.20 bits per heavy atom. The molecule has 2 fully saturated rings. The van der Waals surface area contributed by atoms with E-state index in [1.807, 2.05) is 0 Å². The minimum atomic E-state index is -0.908. The van der Waals surface area contributed by atoms with Crippen LogP contribution >= 0.6 is 0 Å². The van der Waals surface area contributed by atoms with E-state index in [0.29, 0.717) is 17.3 Å². The molecular formula is C16H22N2O2. The number of nitrogens with zero attached hydrogens (tertiary/aromatic N) is 1. The molecule has 2 saturated carbocycles. The Balaban J connectivity index is 1.87. The highest BCUT2D eigenvalue weighted by molar-refractivity contribution is 5.88. The lowest BCUT2D eigenvalue weighted by Crippen LogP contribution is -2.46. The lowest BCUT2D eigenvalue weighted by Gasteiger charge is -2.43. The van der Waals surface area contributed by atoms with Gasteiger partial charge in [-0.05, 0) is 48.1 Å². The molecule has 0 aromatic carbocycles. The molecule has 4 nitrogen and oxygen atoms in total. The van der Waals surface area contributed by atoms with Gasteiger partial charge in [-0.2, -0.15) is 0 Å². The topological polar surface area (TPSA) is 62.2 Å². The lowest BCUT2D eigenvalue weighted by atomic mass is 9.68. The molecule has 3 atom stereocenters. The molecule has 20 heavy (non-hydrogen) atoms. The number of fused-ring (bicyclic) bond motifs is 2. The van der Waals surface area contributed by atoms with Crippen LogP contribution in [0.25, 0.3) is 0 Å². The van der Waals surface area contributed by atoms with Crippen LogP contribution in [-0.2, 0) is 0 Å². The third kappa shape index (κ3) is 1.89. The van der Waals surface area contributed by atoms with Crippen molar-refractivity contribution < 1.29 is 9.90 Å². The zero-order valence-corrected chi connectivity index (χ0v) is 12.3. The van der Waals surface area contributed by atoms with Crippen molar-refractivity contribution in [3.8, 4) is 0 Å². The van der Waals surface area contributed by atoms with Crippen LogP contribution in [-0.4, -0.2) is 22.1 Å². The minimum Gasteiger partial charge on any atom is -0.478 e. The van der Waals surface area contributed by atoms with E-state index in [9.17, 15) is 4.79 Å². The van der Waals surface area contributed by atoms with Gasteiger partial charge in [0.2, 0.25) is 0 Å². The number of nitrogens with one attached hydrogen (secondary N) is 1. The average molecular weight is 274 g/mol. The zero-order valence-electron chi connectivity index (χ0n) is 12.3. The van der Waals surface area contributed by atoms with Crippen LogP contribution in [0.5, 0.6) is 0 Å². The van der Waals surface area contributed by atoms with Crippen LogP contribution in [0.3, 0.4) is 0 Å². The minimum absolute atomic E-state index is 0.230. The molecule has 4 heteroatoms. The van der Waals surface area contributed by atoms with Crippen LogP contribution in [0.1, 0.15) is 50.4 Å². The number of pyridine rings is 1. The summed E-state index contributed by atoms with van der Waals surface area (Å²) in [5, 5.41) is 12.6. The monoisotopic (exact) mass is 274 g/mol. The van der Waals surface area contributed by atoms with Gasteiger partial charge in [0.25, 0.3) is 0 Å². The summed E-state index contributed by atoms with van der Waals surface area (Å²) in [6.45, 7) is 6.99. The summed E-state index contributed by atoms with van der Waals surface area (Å²) in [5.74, 6) is 0.526. The van der Waals surface area contributed by atoms with Crippen molar-refractivity contribution in [2.45, 2.75) is 46.1 Å². The molecule has 3 rings (SSSR count). The molecule has 0 aliphatic heterocycles. The highest BCUT2D eigenvalue weighted by atomic mass is 16.4. The van der Waals surface area contributed by atoms with Gasteiger partial charge in [0.05, 0.1) is 5.56 Å². The van der Waals surface area contributed by atoms with Crippen LogP contribution < -0.4 is 5.32 Å². The summed E-state index contributed by atoms with van der Waals surface area (Å²) < 4.78 is 0. The zero-order chi connectivity index (χ0) is 14.5. The molecule has 2 aliphatic rings. The molecule has 0 radical (unpaired) electrons. The molecule has 0 spiro atoms. The van der Waals surface area contributed by atoms with E-state index in [1.54, 1.807) is 12.3 Å². The summed E-state index contributed by atoms with van der Waals surface area (Å²) in [5.41, 5.74) is 0.816. The Kier molecular flexibility index (Phi) is 2.82. The molecule has 1 aromatic rings. The van der Waals surface area contributed by atoms with E-state index in [4.69, 9.17) is 5.11 Å². The van der Waals surface area contributed by atoms with Gasteiger partial charge in [-0.25, -0.2) is 9.78 Å². The number of rotatable bonds is 3. The van der Waals surface area contributed by atoms with Crippen LogP contribution in [0.2, 0.25) is 0 Å². The number of carbonyl (C=O) groups is 1. The van der Waals surface area contributed by atoms with Crippen LogP contribution in [0.15, 0.2) is 18.3 Å². The summed E-state index contributed by atoms with van der Waals surface area (Å²) in [6.07, 6.45) is 5.38. The van der Waals surface area contributed by atoms with Crippen LogP contribution in [0, 0.1) is 16.7 Å². The first kappa shape index (κ1) is 13.4. The van der Waals surface area contributed by atoms with Crippen LogP contribution in [0.4, 0.5) is 5.82 Å². The first-order chi connectivity index (χ1) is 9.33. The molecule has 2 N–H and O–H groups in total. The number of hydrogen-bond acceptors (Lipinski definition) is 3. The third-order valence-electron chi connectivity index (χ3n) is 5.57. The van der Waals surface area contributed by atoms with E-state index in [0.717, 1.165) is 5.92 Å². The molecule has 2 aliphatic carbocycles. The van der Waals surface area contributed by atoms with Crippen molar-refractivity contribution in [3.63, 3.8) is 0 Å². The van der Waals surface area contributed by atoms with Gasteiger partial charge < -0.3 is 10.4 Å². The van der Waals surface area contributed by atoms with E-state index < -0.39 is 5.97 Å². The SMILES string of the molecule is CC12CCC(C1)C(C)(C)C2Nc1cc(C(=O)O)ccn1. The normalized spacial score (nSPS) is 34.1. The van der Waals surface area contributed by atoms with Crippen molar-refractivity contribution in [1.82, 2.24) is 4.98 Å². The number of carboxylic acids is 1. The molecule has 1 heterocycles. The lowest BCUT2D eigenvalue weighted by molar-refractivity contribution is 0.0697. The van der Waals surface area contributed by atoms with Gasteiger partial charge in [-0.3, -0.25) is 0 Å². The first-order valence-corrected chi connectivity index (χ1v) is 7.29. The predicted octanol–water partition coefficient (Wildman–Crippen LogP) is 3.41. The van der Waals surface area contributed by atoms with E-state index in [1.165, 1.54) is 25.3 Å². The molecule has 2 bridgehead atoms. The molecule has 0 saturated heterocycles. The maximum absolute atomic E-state index is 11.1. The summed E-state index contributed by atoms with van der Waals surface area (Å²) in [4.78, 5) is 15.3. The maximum atomic E-state index is 11.1. The summed E-state index contributed by atoms with van der Waals surface area (Å²) in [7, 11) is 0. The summed E-state index contributed by atoms with van der Waals surface area (Å²) >= 11 is 0. The Bertz CT molecular complexity index is 550. The number of aromatic carboxylic acids is 1. The highest BCUT2D eigenvalue weighted by Crippen LogP contribution is 2.62. The quantitative estimate of drug-likeness (QED) is 0.886. The number of anilines is 1. The van der Waals surface area contributed by atoms with E-state index in [2.05, 4.69) is 31.1 Å². The number of aromatic nitrogens is 1. The fourth-order valence-corrected chi connectivity index (χ4v) is 4.45. The third-order valence-corrected chi connectivity index (χ3v) is 5.57. The number of carboxylic acid groups (broad SMARTS) is 1. The van der Waals surface area contributed by atoms with E-state index in [-0.39, 0.29) is 11.0 Å². The Morgan fingerprint density at radius 1 is 1.45 bits per heavy atom.